The Bertz CT molecular complexity index is 76.2. The van der Waals surface area contributed by atoms with E-state index in [0.717, 1.165) is 6.92 Å². The zero-order valence-corrected chi connectivity index (χ0v) is 6.97. The van der Waals surface area contributed by atoms with E-state index in [1.807, 2.05) is 0 Å². The molecule has 0 radical (unpaired) electrons. The van der Waals surface area contributed by atoms with Gasteiger partial charge in [0.15, 0.2) is 0 Å². The smallest absolute Gasteiger partial charge is 0.371 e. The molecule has 0 amide bonds. The topological polar surface area (TPSA) is 54.4 Å². The van der Waals surface area contributed by atoms with E-state index in [1.54, 1.807) is 0 Å². The molecule has 0 fully saturated rings. The SMILES string of the molecule is CC(=O)C(=O)O.[Nd]. The van der Waals surface area contributed by atoms with E-state index in [-0.39, 0.29) is 40.8 Å². The second-order valence-corrected chi connectivity index (χ2v) is 0.861. The van der Waals surface area contributed by atoms with E-state index in [4.69, 9.17) is 5.11 Å². The molecule has 0 aromatic rings. The van der Waals surface area contributed by atoms with Crippen LogP contribution in [0.1, 0.15) is 6.92 Å². The van der Waals surface area contributed by atoms with E-state index < -0.39 is 11.8 Å². The summed E-state index contributed by atoms with van der Waals surface area (Å²) in [5, 5.41) is 7.64. The Morgan fingerprint density at radius 3 is 1.57 bits per heavy atom. The number of rotatable bonds is 1. The molecule has 38 valence electrons. The van der Waals surface area contributed by atoms with Crippen LogP contribution < -0.4 is 0 Å². The molecule has 3 nitrogen and oxygen atoms in total. The van der Waals surface area contributed by atoms with E-state index in [2.05, 4.69) is 0 Å². The summed E-state index contributed by atoms with van der Waals surface area (Å²) in [7, 11) is 0. The maximum absolute atomic E-state index is 9.54. The van der Waals surface area contributed by atoms with Gasteiger partial charge in [0.2, 0.25) is 5.78 Å². The Morgan fingerprint density at radius 1 is 1.43 bits per heavy atom. The van der Waals surface area contributed by atoms with Crippen LogP contribution in [-0.4, -0.2) is 16.9 Å². The van der Waals surface area contributed by atoms with Crippen LogP contribution in [0.4, 0.5) is 0 Å². The van der Waals surface area contributed by atoms with Gasteiger partial charge in [0.1, 0.15) is 0 Å². The fourth-order valence-electron chi connectivity index (χ4n) is 0. The number of carbonyl (C=O) groups excluding carboxylic acids is 1. The van der Waals surface area contributed by atoms with Crippen LogP contribution in [0.2, 0.25) is 0 Å². The van der Waals surface area contributed by atoms with Gasteiger partial charge in [0, 0.05) is 47.8 Å². The Balaban J connectivity index is 0. The molecule has 4 heteroatoms. The van der Waals surface area contributed by atoms with Crippen molar-refractivity contribution in [3.8, 4) is 0 Å². The summed E-state index contributed by atoms with van der Waals surface area (Å²) in [5.74, 6) is -2.20. The van der Waals surface area contributed by atoms with Crippen LogP contribution in [0.15, 0.2) is 0 Å². The number of hydrogen-bond acceptors (Lipinski definition) is 2. The average Bonchev–Trinajstić information content (AvgIpc) is 1.36. The summed E-state index contributed by atoms with van der Waals surface area (Å²) >= 11 is 0. The minimum Gasteiger partial charge on any atom is -0.476 e. The second-order valence-electron chi connectivity index (χ2n) is 0.861. The molecule has 0 saturated heterocycles. The molecule has 0 bridgehead atoms. The first kappa shape index (κ1) is 10.5. The third kappa shape index (κ3) is 6.49. The minimum atomic E-state index is -1.38. The fourth-order valence-corrected chi connectivity index (χ4v) is 0. The maximum atomic E-state index is 9.54. The molecule has 7 heavy (non-hydrogen) atoms. The molecular weight excluding hydrogens is 228 g/mol. The van der Waals surface area contributed by atoms with E-state index in [9.17, 15) is 9.59 Å². The standard InChI is InChI=1S/C3H4O3.Nd/c1-2(4)3(5)6;/h1H3,(H,5,6);. The zero-order valence-electron chi connectivity index (χ0n) is 3.76. The van der Waals surface area contributed by atoms with Crippen LogP contribution >= 0.6 is 0 Å². The van der Waals surface area contributed by atoms with Crippen LogP contribution in [0.5, 0.6) is 0 Å². The molecule has 0 unspecified atom stereocenters. The number of Topliss-reactive ketones (excluding diaryl/α,β-unsaturated/α-hetero) is 1. The number of carboxylic acid groups (broad SMARTS) is 1. The summed E-state index contributed by atoms with van der Waals surface area (Å²) in [6.07, 6.45) is 0. The van der Waals surface area contributed by atoms with Gasteiger partial charge in [0.05, 0.1) is 0 Å². The fraction of sp³-hybridized carbons (Fsp3) is 0.333. The van der Waals surface area contributed by atoms with Crippen LogP contribution in [-0.2, 0) is 9.59 Å². The first-order valence-electron chi connectivity index (χ1n) is 1.38. The molecule has 0 aliphatic heterocycles. The van der Waals surface area contributed by atoms with Crippen molar-refractivity contribution in [2.75, 3.05) is 0 Å². The predicted molar refractivity (Wildman–Crippen MR) is 18.3 cm³/mol. The Hall–Kier alpha value is 0.491. The van der Waals surface area contributed by atoms with Gasteiger partial charge >= 0.3 is 5.97 Å². The first-order valence-corrected chi connectivity index (χ1v) is 1.38. The second kappa shape index (κ2) is 4.64. The molecule has 0 aliphatic rings. The van der Waals surface area contributed by atoms with Crippen molar-refractivity contribution in [2.45, 2.75) is 6.92 Å². The third-order valence-electron chi connectivity index (χ3n) is 0.301. The summed E-state index contributed by atoms with van der Waals surface area (Å²) in [4.78, 5) is 18.9. The summed E-state index contributed by atoms with van der Waals surface area (Å²) in [6, 6.07) is 0. The zero-order chi connectivity index (χ0) is 5.15. The van der Waals surface area contributed by atoms with Crippen LogP contribution in [0.3, 0.4) is 0 Å². The molecule has 0 rings (SSSR count). The third-order valence-corrected chi connectivity index (χ3v) is 0.301. The van der Waals surface area contributed by atoms with Crippen LogP contribution in [0.25, 0.3) is 0 Å². The number of carboxylic acids is 1. The number of ketones is 1. The minimum absolute atomic E-state index is 0. The van der Waals surface area contributed by atoms with Gasteiger partial charge in [-0.3, -0.25) is 4.79 Å². The molecular formula is C3H4NdO3. The number of aliphatic carboxylic acids is 1. The van der Waals surface area contributed by atoms with E-state index in [1.165, 1.54) is 0 Å². The summed E-state index contributed by atoms with van der Waals surface area (Å²) in [6.45, 7) is 1.00. The summed E-state index contributed by atoms with van der Waals surface area (Å²) in [5.41, 5.74) is 0. The Kier molecular flexibility index (Phi) is 6.95. The van der Waals surface area contributed by atoms with Crippen molar-refractivity contribution in [3.05, 3.63) is 0 Å². The van der Waals surface area contributed by atoms with Crippen molar-refractivity contribution in [1.82, 2.24) is 0 Å². The molecule has 0 heterocycles. The largest absolute Gasteiger partial charge is 0.476 e. The Labute approximate surface area is 73.6 Å². The average molecular weight is 232 g/mol. The van der Waals surface area contributed by atoms with Gasteiger partial charge in [-0.2, -0.15) is 0 Å². The van der Waals surface area contributed by atoms with Crippen LogP contribution in [0, 0.1) is 40.8 Å². The van der Waals surface area contributed by atoms with Gasteiger partial charge in [-0.05, 0) is 0 Å². The van der Waals surface area contributed by atoms with Gasteiger partial charge < -0.3 is 5.11 Å². The normalized spacial score (nSPS) is 6.43. The Morgan fingerprint density at radius 2 is 1.57 bits per heavy atom. The van der Waals surface area contributed by atoms with Gasteiger partial charge in [-0.25, -0.2) is 4.79 Å². The number of hydrogen-bond donors (Lipinski definition) is 1. The van der Waals surface area contributed by atoms with Gasteiger partial charge in [0.25, 0.3) is 0 Å². The predicted octanol–water partition coefficient (Wildman–Crippen LogP) is -0.340. The van der Waals surface area contributed by atoms with E-state index >= 15 is 0 Å². The first-order chi connectivity index (χ1) is 2.64. The van der Waals surface area contributed by atoms with Gasteiger partial charge in [-0.15, -0.1) is 0 Å². The molecule has 1 N–H and O–H groups in total. The summed E-state index contributed by atoms with van der Waals surface area (Å²) < 4.78 is 0. The van der Waals surface area contributed by atoms with Gasteiger partial charge in [-0.1, -0.05) is 0 Å². The quantitative estimate of drug-likeness (QED) is 0.629. The molecule has 0 aromatic heterocycles. The molecule has 0 atom stereocenters. The van der Waals surface area contributed by atoms with E-state index in [0.29, 0.717) is 0 Å². The number of carbonyl (C=O) groups is 2. The maximum Gasteiger partial charge on any atom is 0.371 e. The van der Waals surface area contributed by atoms with Crippen molar-refractivity contribution in [2.24, 2.45) is 0 Å². The molecule has 0 saturated carbocycles. The van der Waals surface area contributed by atoms with Crippen molar-refractivity contribution < 1.29 is 55.5 Å². The monoisotopic (exact) mass is 230 g/mol. The molecule has 0 aromatic carbocycles. The molecule has 0 spiro atoms. The van der Waals surface area contributed by atoms with Crippen molar-refractivity contribution >= 4 is 11.8 Å². The molecule has 0 aliphatic carbocycles. The van der Waals surface area contributed by atoms with Crippen molar-refractivity contribution in [1.29, 1.82) is 0 Å². The van der Waals surface area contributed by atoms with Crippen molar-refractivity contribution in [3.63, 3.8) is 0 Å².